The lowest BCUT2D eigenvalue weighted by molar-refractivity contribution is -0.427. The van der Waals surface area contributed by atoms with Crippen LogP contribution >= 0.6 is 11.8 Å². The van der Waals surface area contributed by atoms with Gasteiger partial charge in [-0.05, 0) is 35.2 Å². The summed E-state index contributed by atoms with van der Waals surface area (Å²) in [5, 5.41) is 3.88. The number of ether oxygens (including phenoxy) is 1. The molecule has 1 unspecified atom stereocenters. The van der Waals surface area contributed by atoms with Crippen LogP contribution in [0.4, 0.5) is 9.18 Å². The van der Waals surface area contributed by atoms with Crippen LogP contribution in [0.2, 0.25) is 0 Å². The molecule has 2 aliphatic rings. The number of imide groups is 1. The normalized spacial score (nSPS) is 17.6. The van der Waals surface area contributed by atoms with Gasteiger partial charge < -0.3 is 10.1 Å². The van der Waals surface area contributed by atoms with Crippen molar-refractivity contribution < 1.29 is 28.1 Å². The molecule has 0 radical (unpaired) electrons. The highest BCUT2D eigenvalue weighted by molar-refractivity contribution is 8.04. The summed E-state index contributed by atoms with van der Waals surface area (Å²) in [6, 6.07) is 12.6. The third-order valence-corrected chi connectivity index (χ3v) is 6.23. The molecule has 0 fully saturated rings. The summed E-state index contributed by atoms with van der Waals surface area (Å²) in [7, 11) is 1.58. The Bertz CT molecular complexity index is 1130. The number of hydrogen-bond donors (Lipinski definition) is 1. The van der Waals surface area contributed by atoms with E-state index in [-0.39, 0.29) is 31.1 Å². The van der Waals surface area contributed by atoms with Crippen LogP contribution in [-0.2, 0) is 22.7 Å². The highest BCUT2D eigenvalue weighted by Gasteiger charge is 2.49. The molecule has 1 N–H and O–H groups in total. The van der Waals surface area contributed by atoms with Crippen molar-refractivity contribution in [3.8, 4) is 5.75 Å². The summed E-state index contributed by atoms with van der Waals surface area (Å²) in [4.78, 5) is 39.6. The number of carbonyl (C=O) groups excluding carboxylic acids is 3. The van der Waals surface area contributed by atoms with Crippen LogP contribution in [0.1, 0.15) is 11.1 Å². The number of benzene rings is 2. The van der Waals surface area contributed by atoms with E-state index in [0.29, 0.717) is 11.5 Å². The van der Waals surface area contributed by atoms with Gasteiger partial charge in [0.1, 0.15) is 23.8 Å². The van der Waals surface area contributed by atoms with Gasteiger partial charge in [-0.2, -0.15) is 14.3 Å². The van der Waals surface area contributed by atoms with Crippen molar-refractivity contribution in [3.63, 3.8) is 0 Å². The maximum Gasteiger partial charge on any atom is 0.501 e. The Balaban J connectivity index is 1.49. The minimum Gasteiger partial charge on any atom is -0.497 e. The summed E-state index contributed by atoms with van der Waals surface area (Å²) >= 11 is 1.26. The molecule has 1 atom stereocenters. The number of nitrogens with one attached hydrogen (secondary N) is 1. The van der Waals surface area contributed by atoms with Crippen molar-refractivity contribution in [1.29, 1.82) is 0 Å². The Morgan fingerprint density at radius 3 is 2.66 bits per heavy atom. The van der Waals surface area contributed by atoms with Crippen LogP contribution in [0.5, 0.6) is 5.75 Å². The fourth-order valence-corrected chi connectivity index (χ4v) is 4.46. The van der Waals surface area contributed by atoms with Gasteiger partial charge in [0.05, 0.1) is 7.11 Å². The zero-order valence-electron chi connectivity index (χ0n) is 17.3. The molecule has 32 heavy (non-hydrogen) atoms. The first-order valence-electron chi connectivity index (χ1n) is 9.92. The predicted octanol–water partition coefficient (Wildman–Crippen LogP) is 2.70. The molecule has 0 aliphatic carbocycles. The number of nitrogens with zero attached hydrogens (tertiary/aromatic N) is 2. The number of hydrogen-bond acceptors (Lipinski definition) is 5. The Kier molecular flexibility index (Phi) is 6.36. The first-order valence-corrected chi connectivity index (χ1v) is 10.9. The molecular weight excluding hydrogens is 433 g/mol. The Labute approximate surface area is 188 Å². The van der Waals surface area contributed by atoms with E-state index in [1.54, 1.807) is 42.9 Å². The zero-order chi connectivity index (χ0) is 22.7. The number of thioether (sulfide) groups is 1. The molecule has 2 heterocycles. The molecule has 164 valence electrons. The third-order valence-electron chi connectivity index (χ3n) is 5.22. The van der Waals surface area contributed by atoms with Crippen LogP contribution < -0.4 is 10.1 Å². The van der Waals surface area contributed by atoms with E-state index in [4.69, 9.17) is 4.74 Å². The average molecular weight is 455 g/mol. The second kappa shape index (κ2) is 9.35. The molecule has 0 saturated heterocycles. The van der Waals surface area contributed by atoms with E-state index in [0.717, 1.165) is 10.5 Å². The van der Waals surface area contributed by atoms with E-state index in [2.05, 4.69) is 5.32 Å². The van der Waals surface area contributed by atoms with Gasteiger partial charge in [-0.3, -0.25) is 4.79 Å². The number of fused-ring (bicyclic) bond motifs is 1. The standard InChI is InChI=1S/C23H20FN3O4S/c1-31-17-8-6-15(7-9-17)12-25-20(28)14-26-19-10-11-32-21(19)22(29)27(23(26)30)13-16-4-2-3-5-18(16)24/h2-11,21H,12-14H2,1H3/p+1. The number of methoxy groups -OCH3 is 1. The van der Waals surface area contributed by atoms with E-state index in [1.807, 2.05) is 12.1 Å². The van der Waals surface area contributed by atoms with Crippen LogP contribution in [0.15, 0.2) is 60.0 Å². The van der Waals surface area contributed by atoms with Crippen molar-refractivity contribution >= 4 is 35.3 Å². The monoisotopic (exact) mass is 454 g/mol. The summed E-state index contributed by atoms with van der Waals surface area (Å²) in [6.45, 7) is -0.155. The Morgan fingerprint density at radius 1 is 1.19 bits per heavy atom. The van der Waals surface area contributed by atoms with Crippen molar-refractivity contribution in [2.75, 3.05) is 13.7 Å². The molecule has 0 saturated carbocycles. The summed E-state index contributed by atoms with van der Waals surface area (Å²) in [5.41, 5.74) is 1.58. The molecule has 0 aromatic heterocycles. The number of halogens is 1. The molecule has 7 nitrogen and oxygen atoms in total. The Hall–Kier alpha value is -3.46. The zero-order valence-corrected chi connectivity index (χ0v) is 18.1. The van der Waals surface area contributed by atoms with Gasteiger partial charge in [-0.25, -0.2) is 9.18 Å². The number of carbonyl (C=O) groups is 3. The molecule has 4 amide bonds. The smallest absolute Gasteiger partial charge is 0.497 e. The lowest BCUT2D eigenvalue weighted by atomic mass is 10.1. The number of urea groups is 1. The van der Waals surface area contributed by atoms with Gasteiger partial charge >= 0.3 is 11.9 Å². The van der Waals surface area contributed by atoms with Gasteiger partial charge in [0.25, 0.3) is 5.91 Å². The van der Waals surface area contributed by atoms with Crippen LogP contribution in [0.25, 0.3) is 0 Å². The molecular formula is C23H21FN3O4S+. The van der Waals surface area contributed by atoms with Gasteiger partial charge in [-0.1, -0.05) is 30.3 Å². The molecule has 4 rings (SSSR count). The minimum absolute atomic E-state index is 0.196. The van der Waals surface area contributed by atoms with Crippen LogP contribution in [0.3, 0.4) is 0 Å². The summed E-state index contributed by atoms with van der Waals surface area (Å²) < 4.78 is 20.5. The SMILES string of the molecule is COc1ccc(CNC(=O)C[N+]2=C3C=CSC3C(=O)N(Cc3ccccc3F)C2=O)cc1. The summed E-state index contributed by atoms with van der Waals surface area (Å²) in [5.74, 6) is -0.570. The first kappa shape index (κ1) is 21.8. The van der Waals surface area contributed by atoms with Crippen molar-refractivity contribution in [2.45, 2.75) is 18.3 Å². The summed E-state index contributed by atoms with van der Waals surface area (Å²) in [6.07, 6.45) is 1.67. The second-order valence-corrected chi connectivity index (χ2v) is 8.27. The third kappa shape index (κ3) is 4.43. The topological polar surface area (TPSA) is 78.7 Å². The van der Waals surface area contributed by atoms with E-state index >= 15 is 0 Å². The van der Waals surface area contributed by atoms with Gasteiger partial charge in [-0.15, -0.1) is 11.8 Å². The van der Waals surface area contributed by atoms with Gasteiger partial charge in [0, 0.05) is 12.1 Å². The van der Waals surface area contributed by atoms with Crippen LogP contribution in [-0.4, -0.2) is 51.9 Å². The number of allylic oxidation sites excluding steroid dienone is 1. The van der Waals surface area contributed by atoms with Crippen molar-refractivity contribution in [2.24, 2.45) is 0 Å². The number of amides is 4. The van der Waals surface area contributed by atoms with E-state index in [9.17, 15) is 18.8 Å². The minimum atomic E-state index is -0.642. The highest BCUT2D eigenvalue weighted by atomic mass is 32.2. The van der Waals surface area contributed by atoms with Crippen molar-refractivity contribution in [3.05, 3.63) is 77.0 Å². The molecule has 2 aromatic rings. The second-order valence-electron chi connectivity index (χ2n) is 7.25. The molecule has 0 bridgehead atoms. The molecule has 2 aliphatic heterocycles. The molecule has 0 spiro atoms. The fourth-order valence-electron chi connectivity index (χ4n) is 3.50. The maximum atomic E-state index is 14.1. The lowest BCUT2D eigenvalue weighted by Crippen LogP contribution is -2.56. The lowest BCUT2D eigenvalue weighted by Gasteiger charge is -2.24. The molecule has 2 aromatic carbocycles. The van der Waals surface area contributed by atoms with Gasteiger partial charge in [0.2, 0.25) is 0 Å². The largest absolute Gasteiger partial charge is 0.501 e. The molecule has 9 heteroatoms. The predicted molar refractivity (Wildman–Crippen MR) is 118 cm³/mol. The van der Waals surface area contributed by atoms with Crippen LogP contribution in [0, 0.1) is 5.82 Å². The average Bonchev–Trinajstić information content (AvgIpc) is 3.30. The number of rotatable bonds is 7. The Morgan fingerprint density at radius 2 is 1.94 bits per heavy atom. The maximum absolute atomic E-state index is 14.1. The van der Waals surface area contributed by atoms with Crippen molar-refractivity contribution in [1.82, 2.24) is 10.2 Å². The first-order chi connectivity index (χ1) is 15.5. The quantitative estimate of drug-likeness (QED) is 0.651. The fraction of sp³-hybridized carbons (Fsp3) is 0.217. The van der Waals surface area contributed by atoms with E-state index in [1.165, 1.54) is 28.5 Å². The van der Waals surface area contributed by atoms with E-state index < -0.39 is 23.0 Å². The van der Waals surface area contributed by atoms with Gasteiger partial charge in [0.15, 0.2) is 11.8 Å². The highest BCUT2D eigenvalue weighted by Crippen LogP contribution is 2.28.